The van der Waals surface area contributed by atoms with Gasteiger partial charge in [0.25, 0.3) is 0 Å². The van der Waals surface area contributed by atoms with E-state index in [2.05, 4.69) is 15.0 Å². The van der Waals surface area contributed by atoms with Crippen LogP contribution in [0.4, 0.5) is 0 Å². The number of nitrogens with zero attached hydrogens (tertiary/aromatic N) is 1. The molecule has 0 bridgehead atoms. The van der Waals surface area contributed by atoms with E-state index in [0.29, 0.717) is 10.6 Å². The van der Waals surface area contributed by atoms with Crippen LogP contribution < -0.4 is 10.0 Å². The highest BCUT2D eigenvalue weighted by Crippen LogP contribution is 2.19. The lowest BCUT2D eigenvalue weighted by Gasteiger charge is -2.18. The number of aromatic nitrogens is 1. The molecule has 1 aromatic carbocycles. The van der Waals surface area contributed by atoms with Gasteiger partial charge in [-0.25, -0.2) is 13.1 Å². The molecular weight excluding hydrogens is 286 g/mol. The van der Waals surface area contributed by atoms with Crippen LogP contribution in [-0.2, 0) is 29.5 Å². The Bertz CT molecular complexity index is 730. The van der Waals surface area contributed by atoms with Gasteiger partial charge in [0, 0.05) is 12.7 Å². The lowest BCUT2D eigenvalue weighted by molar-refractivity contribution is 0.579. The van der Waals surface area contributed by atoms with Crippen LogP contribution in [0, 0.1) is 0 Å². The minimum atomic E-state index is -3.51. The second kappa shape index (κ2) is 5.93. The SMILES string of the molecule is O=S(=O)(NCc1ccccn1)c1ccc2c(c1)CNCC2. The second-order valence-electron chi connectivity index (χ2n) is 5.00. The third-order valence-corrected chi connectivity index (χ3v) is 4.94. The monoisotopic (exact) mass is 303 g/mol. The standard InChI is InChI=1S/C15H17N3O2S/c19-21(20,18-11-14-3-1-2-7-17-14)15-5-4-12-6-8-16-10-13(12)9-15/h1-5,7,9,16,18H,6,8,10-11H2. The van der Waals surface area contributed by atoms with E-state index in [1.165, 1.54) is 5.56 Å². The third kappa shape index (κ3) is 3.29. The molecule has 3 rings (SSSR count). The quantitative estimate of drug-likeness (QED) is 0.890. The molecule has 0 radical (unpaired) electrons. The van der Waals surface area contributed by atoms with Crippen molar-refractivity contribution in [2.75, 3.05) is 6.54 Å². The van der Waals surface area contributed by atoms with Crippen molar-refractivity contribution in [2.24, 2.45) is 0 Å². The number of pyridine rings is 1. The van der Waals surface area contributed by atoms with E-state index in [4.69, 9.17) is 0 Å². The van der Waals surface area contributed by atoms with Gasteiger partial charge >= 0.3 is 0 Å². The summed E-state index contributed by atoms with van der Waals surface area (Å²) < 4.78 is 27.3. The highest BCUT2D eigenvalue weighted by molar-refractivity contribution is 7.89. The van der Waals surface area contributed by atoms with Crippen molar-refractivity contribution in [3.8, 4) is 0 Å². The molecule has 0 spiro atoms. The highest BCUT2D eigenvalue weighted by Gasteiger charge is 2.17. The second-order valence-corrected chi connectivity index (χ2v) is 6.77. The Labute approximate surface area is 124 Å². The van der Waals surface area contributed by atoms with Gasteiger partial charge in [-0.1, -0.05) is 12.1 Å². The van der Waals surface area contributed by atoms with Gasteiger partial charge in [0.15, 0.2) is 0 Å². The Hall–Kier alpha value is -1.76. The maximum absolute atomic E-state index is 12.3. The fourth-order valence-electron chi connectivity index (χ4n) is 2.38. The maximum atomic E-state index is 12.3. The molecule has 1 aromatic heterocycles. The zero-order valence-electron chi connectivity index (χ0n) is 11.5. The molecule has 0 aliphatic carbocycles. The average molecular weight is 303 g/mol. The molecule has 2 N–H and O–H groups in total. The van der Waals surface area contributed by atoms with Crippen LogP contribution in [0.25, 0.3) is 0 Å². The zero-order valence-corrected chi connectivity index (χ0v) is 12.4. The summed E-state index contributed by atoms with van der Waals surface area (Å²) in [4.78, 5) is 4.42. The number of hydrogen-bond donors (Lipinski definition) is 2. The molecule has 0 saturated heterocycles. The molecule has 0 fully saturated rings. The van der Waals surface area contributed by atoms with E-state index in [1.807, 2.05) is 12.1 Å². The van der Waals surface area contributed by atoms with Gasteiger partial charge in [-0.2, -0.15) is 0 Å². The Balaban J connectivity index is 1.78. The van der Waals surface area contributed by atoms with Crippen molar-refractivity contribution < 1.29 is 8.42 Å². The van der Waals surface area contributed by atoms with E-state index in [9.17, 15) is 8.42 Å². The first-order valence-electron chi connectivity index (χ1n) is 6.87. The fourth-order valence-corrected chi connectivity index (χ4v) is 3.43. The number of sulfonamides is 1. The summed E-state index contributed by atoms with van der Waals surface area (Å²) in [5.41, 5.74) is 2.97. The number of hydrogen-bond acceptors (Lipinski definition) is 4. The number of fused-ring (bicyclic) bond motifs is 1. The molecule has 0 saturated carbocycles. The van der Waals surface area contributed by atoms with Crippen LogP contribution in [0.5, 0.6) is 0 Å². The molecule has 110 valence electrons. The first-order chi connectivity index (χ1) is 10.1. The van der Waals surface area contributed by atoms with Crippen molar-refractivity contribution in [1.29, 1.82) is 0 Å². The molecule has 5 nitrogen and oxygen atoms in total. The average Bonchev–Trinajstić information content (AvgIpc) is 2.53. The van der Waals surface area contributed by atoms with Crippen LogP contribution in [0.15, 0.2) is 47.5 Å². The molecular formula is C15H17N3O2S. The van der Waals surface area contributed by atoms with Gasteiger partial charge in [-0.05, 0) is 48.4 Å². The number of benzene rings is 1. The van der Waals surface area contributed by atoms with Crippen LogP contribution >= 0.6 is 0 Å². The maximum Gasteiger partial charge on any atom is 0.240 e. The molecule has 2 heterocycles. The van der Waals surface area contributed by atoms with Gasteiger partial charge in [0.1, 0.15) is 0 Å². The van der Waals surface area contributed by atoms with Crippen molar-refractivity contribution in [3.63, 3.8) is 0 Å². The van der Waals surface area contributed by atoms with Crippen molar-refractivity contribution in [3.05, 3.63) is 59.4 Å². The largest absolute Gasteiger partial charge is 0.312 e. The van der Waals surface area contributed by atoms with Gasteiger partial charge in [-0.3, -0.25) is 4.98 Å². The molecule has 0 atom stereocenters. The lowest BCUT2D eigenvalue weighted by atomic mass is 10.0. The molecule has 6 heteroatoms. The van der Waals surface area contributed by atoms with Crippen LogP contribution in [-0.4, -0.2) is 19.9 Å². The molecule has 0 unspecified atom stereocenters. The molecule has 2 aromatic rings. The summed E-state index contributed by atoms with van der Waals surface area (Å²) in [7, 11) is -3.51. The summed E-state index contributed by atoms with van der Waals surface area (Å²) in [5, 5.41) is 3.25. The summed E-state index contributed by atoms with van der Waals surface area (Å²) >= 11 is 0. The van der Waals surface area contributed by atoms with Crippen molar-refractivity contribution in [1.82, 2.24) is 15.0 Å². The molecule has 0 amide bonds. The van der Waals surface area contributed by atoms with Gasteiger partial charge in [0.2, 0.25) is 10.0 Å². The van der Waals surface area contributed by atoms with Crippen LogP contribution in [0.1, 0.15) is 16.8 Å². The molecule has 1 aliphatic rings. The van der Waals surface area contributed by atoms with Gasteiger partial charge in [-0.15, -0.1) is 0 Å². The summed E-state index contributed by atoms with van der Waals surface area (Å²) in [6.07, 6.45) is 2.59. The van der Waals surface area contributed by atoms with Crippen LogP contribution in [0.3, 0.4) is 0 Å². The Kier molecular flexibility index (Phi) is 4.01. The van der Waals surface area contributed by atoms with Gasteiger partial charge in [0.05, 0.1) is 17.1 Å². The predicted molar refractivity (Wildman–Crippen MR) is 80.1 cm³/mol. The van der Waals surface area contributed by atoms with Crippen LogP contribution in [0.2, 0.25) is 0 Å². The zero-order chi connectivity index (χ0) is 14.7. The molecule has 21 heavy (non-hydrogen) atoms. The Morgan fingerprint density at radius 1 is 1.19 bits per heavy atom. The van der Waals surface area contributed by atoms with E-state index in [-0.39, 0.29) is 6.54 Å². The number of rotatable bonds is 4. The van der Waals surface area contributed by atoms with E-state index < -0.39 is 10.0 Å². The fraction of sp³-hybridized carbons (Fsp3) is 0.267. The first-order valence-corrected chi connectivity index (χ1v) is 8.35. The van der Waals surface area contributed by atoms with E-state index >= 15 is 0 Å². The minimum absolute atomic E-state index is 0.193. The van der Waals surface area contributed by atoms with Crippen molar-refractivity contribution >= 4 is 10.0 Å². The number of nitrogens with one attached hydrogen (secondary N) is 2. The molecule has 1 aliphatic heterocycles. The topological polar surface area (TPSA) is 71.1 Å². The smallest absolute Gasteiger partial charge is 0.240 e. The summed E-state index contributed by atoms with van der Waals surface area (Å²) in [6, 6.07) is 10.8. The van der Waals surface area contributed by atoms with E-state index in [1.54, 1.807) is 30.5 Å². The van der Waals surface area contributed by atoms with Crippen molar-refractivity contribution in [2.45, 2.75) is 24.4 Å². The normalized spacial score (nSPS) is 14.7. The Morgan fingerprint density at radius 2 is 2.10 bits per heavy atom. The third-order valence-electron chi connectivity index (χ3n) is 3.54. The van der Waals surface area contributed by atoms with E-state index in [0.717, 1.165) is 25.1 Å². The first kappa shape index (κ1) is 14.2. The lowest BCUT2D eigenvalue weighted by Crippen LogP contribution is -2.26. The minimum Gasteiger partial charge on any atom is -0.312 e. The highest BCUT2D eigenvalue weighted by atomic mass is 32.2. The predicted octanol–water partition coefficient (Wildman–Crippen LogP) is 1.21. The Morgan fingerprint density at radius 3 is 2.90 bits per heavy atom. The summed E-state index contributed by atoms with van der Waals surface area (Å²) in [5.74, 6) is 0. The summed E-state index contributed by atoms with van der Waals surface area (Å²) in [6.45, 7) is 1.86. The van der Waals surface area contributed by atoms with Gasteiger partial charge < -0.3 is 5.32 Å².